The van der Waals surface area contributed by atoms with Crippen molar-refractivity contribution in [3.63, 3.8) is 0 Å². The molecule has 10 heavy (non-hydrogen) atoms. The SMILES string of the molecule is CSC(C)C(=O)NC(C)C. The normalized spacial score (nSPS) is 13.3. The molecule has 2 nitrogen and oxygen atoms in total. The Kier molecular flexibility index (Phi) is 4.52. The topological polar surface area (TPSA) is 29.1 Å². The summed E-state index contributed by atoms with van der Waals surface area (Å²) in [5.74, 6) is 0.127. The lowest BCUT2D eigenvalue weighted by atomic mass is 10.3. The van der Waals surface area contributed by atoms with Crippen molar-refractivity contribution in [2.24, 2.45) is 0 Å². The second-order valence-corrected chi connectivity index (χ2v) is 3.72. The number of carbonyl (C=O) groups is 1. The molecule has 0 radical (unpaired) electrons. The fourth-order valence-corrected chi connectivity index (χ4v) is 0.791. The highest BCUT2D eigenvalue weighted by atomic mass is 32.2. The number of hydrogen-bond acceptors (Lipinski definition) is 2. The first-order valence-electron chi connectivity index (χ1n) is 3.41. The van der Waals surface area contributed by atoms with Crippen molar-refractivity contribution < 1.29 is 4.79 Å². The van der Waals surface area contributed by atoms with E-state index in [0.29, 0.717) is 0 Å². The lowest BCUT2D eigenvalue weighted by Crippen LogP contribution is -2.35. The van der Waals surface area contributed by atoms with Gasteiger partial charge >= 0.3 is 0 Å². The highest BCUT2D eigenvalue weighted by Crippen LogP contribution is 2.04. The van der Waals surface area contributed by atoms with E-state index in [0.717, 1.165) is 0 Å². The molecule has 0 spiro atoms. The predicted octanol–water partition coefficient (Wildman–Crippen LogP) is 1.26. The van der Waals surface area contributed by atoms with Gasteiger partial charge in [0, 0.05) is 6.04 Å². The summed E-state index contributed by atoms with van der Waals surface area (Å²) in [7, 11) is 0. The van der Waals surface area contributed by atoms with E-state index in [1.54, 1.807) is 11.8 Å². The van der Waals surface area contributed by atoms with Crippen LogP contribution in [0.1, 0.15) is 20.8 Å². The first-order valence-corrected chi connectivity index (χ1v) is 4.70. The molecule has 0 aromatic carbocycles. The van der Waals surface area contributed by atoms with Crippen molar-refractivity contribution in [1.82, 2.24) is 5.32 Å². The maximum Gasteiger partial charge on any atom is 0.233 e. The molecule has 0 saturated heterocycles. The van der Waals surface area contributed by atoms with Crippen molar-refractivity contribution in [1.29, 1.82) is 0 Å². The summed E-state index contributed by atoms with van der Waals surface area (Å²) in [6.45, 7) is 5.83. The van der Waals surface area contributed by atoms with Gasteiger partial charge in [0.05, 0.1) is 5.25 Å². The van der Waals surface area contributed by atoms with Crippen LogP contribution in [0, 0.1) is 0 Å². The average Bonchev–Trinajstić information content (AvgIpc) is 1.85. The quantitative estimate of drug-likeness (QED) is 0.675. The van der Waals surface area contributed by atoms with E-state index in [4.69, 9.17) is 0 Å². The van der Waals surface area contributed by atoms with Gasteiger partial charge in [0.25, 0.3) is 0 Å². The molecule has 0 saturated carbocycles. The van der Waals surface area contributed by atoms with Gasteiger partial charge in [-0.3, -0.25) is 4.79 Å². The van der Waals surface area contributed by atoms with E-state index >= 15 is 0 Å². The second kappa shape index (κ2) is 4.61. The molecule has 0 aromatic heterocycles. The summed E-state index contributed by atoms with van der Waals surface area (Å²) in [6, 6.07) is 0.252. The molecule has 60 valence electrons. The Balaban J connectivity index is 3.62. The van der Waals surface area contributed by atoms with Gasteiger partial charge in [-0.15, -0.1) is 0 Å². The van der Waals surface area contributed by atoms with E-state index in [-0.39, 0.29) is 17.2 Å². The Morgan fingerprint density at radius 2 is 1.90 bits per heavy atom. The molecule has 0 heterocycles. The number of hydrogen-bond donors (Lipinski definition) is 1. The second-order valence-electron chi connectivity index (χ2n) is 2.54. The summed E-state index contributed by atoms with van der Waals surface area (Å²) in [5.41, 5.74) is 0. The zero-order valence-corrected chi connectivity index (χ0v) is 7.79. The van der Waals surface area contributed by atoms with Gasteiger partial charge in [-0.05, 0) is 27.0 Å². The fourth-order valence-electron chi connectivity index (χ4n) is 0.509. The zero-order chi connectivity index (χ0) is 8.15. The van der Waals surface area contributed by atoms with Crippen LogP contribution < -0.4 is 5.32 Å². The summed E-state index contributed by atoms with van der Waals surface area (Å²) in [4.78, 5) is 11.1. The van der Waals surface area contributed by atoms with E-state index in [9.17, 15) is 4.79 Å². The van der Waals surface area contributed by atoms with Crippen LogP contribution >= 0.6 is 11.8 Å². The molecule has 1 atom stereocenters. The molecule has 1 unspecified atom stereocenters. The standard InChI is InChI=1S/C7H15NOS/c1-5(2)8-7(9)6(3)10-4/h5-6H,1-4H3,(H,8,9). The van der Waals surface area contributed by atoms with Crippen LogP contribution in [0.15, 0.2) is 0 Å². The molecule has 0 aliphatic rings. The van der Waals surface area contributed by atoms with E-state index in [1.807, 2.05) is 27.0 Å². The van der Waals surface area contributed by atoms with Crippen LogP contribution in [0.2, 0.25) is 0 Å². The summed E-state index contributed by atoms with van der Waals surface area (Å²) in [5, 5.41) is 2.91. The van der Waals surface area contributed by atoms with Crippen LogP contribution in [-0.4, -0.2) is 23.5 Å². The minimum Gasteiger partial charge on any atom is -0.353 e. The van der Waals surface area contributed by atoms with Crippen LogP contribution in [0.3, 0.4) is 0 Å². The maximum atomic E-state index is 11.1. The fraction of sp³-hybridized carbons (Fsp3) is 0.857. The highest BCUT2D eigenvalue weighted by Gasteiger charge is 2.10. The predicted molar refractivity (Wildman–Crippen MR) is 46.3 cm³/mol. The molecule has 3 heteroatoms. The van der Waals surface area contributed by atoms with Gasteiger partial charge in [0.1, 0.15) is 0 Å². The van der Waals surface area contributed by atoms with Gasteiger partial charge in [-0.2, -0.15) is 11.8 Å². The number of thioether (sulfide) groups is 1. The van der Waals surface area contributed by atoms with Gasteiger partial charge in [-0.1, -0.05) is 0 Å². The molecule has 0 aliphatic carbocycles. The molecule has 1 amide bonds. The molecule has 0 rings (SSSR count). The molecule has 1 N–H and O–H groups in total. The molecular weight excluding hydrogens is 146 g/mol. The minimum absolute atomic E-state index is 0.0717. The van der Waals surface area contributed by atoms with Crippen LogP contribution in [0.4, 0.5) is 0 Å². The van der Waals surface area contributed by atoms with E-state index in [2.05, 4.69) is 5.32 Å². The van der Waals surface area contributed by atoms with Crippen LogP contribution in [0.25, 0.3) is 0 Å². The molecular formula is C7H15NOS. The number of nitrogens with one attached hydrogen (secondary N) is 1. The van der Waals surface area contributed by atoms with Crippen molar-refractivity contribution in [2.45, 2.75) is 32.1 Å². The lowest BCUT2D eigenvalue weighted by Gasteiger charge is -2.11. The first kappa shape index (κ1) is 9.82. The molecule has 0 aliphatic heterocycles. The average molecular weight is 161 g/mol. The van der Waals surface area contributed by atoms with Gasteiger partial charge < -0.3 is 5.32 Å². The third-order valence-electron chi connectivity index (χ3n) is 1.15. The Hall–Kier alpha value is -0.180. The summed E-state index contributed by atoms with van der Waals surface area (Å²) in [6.07, 6.45) is 1.94. The monoisotopic (exact) mass is 161 g/mol. The van der Waals surface area contributed by atoms with Crippen molar-refractivity contribution in [3.05, 3.63) is 0 Å². The van der Waals surface area contributed by atoms with E-state index < -0.39 is 0 Å². The third kappa shape index (κ3) is 3.77. The Labute approximate surface area is 66.8 Å². The summed E-state index contributed by atoms with van der Waals surface area (Å²) < 4.78 is 0. The number of amides is 1. The van der Waals surface area contributed by atoms with Gasteiger partial charge in [-0.25, -0.2) is 0 Å². The maximum absolute atomic E-state index is 11.1. The largest absolute Gasteiger partial charge is 0.353 e. The summed E-state index contributed by atoms with van der Waals surface area (Å²) >= 11 is 1.56. The van der Waals surface area contributed by atoms with Crippen molar-refractivity contribution in [2.75, 3.05) is 6.26 Å². The zero-order valence-electron chi connectivity index (χ0n) is 6.97. The number of carbonyl (C=O) groups excluding carboxylic acids is 1. The Morgan fingerprint density at radius 1 is 1.40 bits per heavy atom. The highest BCUT2D eigenvalue weighted by molar-refractivity contribution is 7.99. The van der Waals surface area contributed by atoms with Gasteiger partial charge in [0.2, 0.25) is 5.91 Å². The minimum atomic E-state index is 0.0717. The molecule has 0 fully saturated rings. The smallest absolute Gasteiger partial charge is 0.233 e. The first-order chi connectivity index (χ1) is 4.57. The van der Waals surface area contributed by atoms with Crippen molar-refractivity contribution >= 4 is 17.7 Å². The number of rotatable bonds is 3. The lowest BCUT2D eigenvalue weighted by molar-refractivity contribution is -0.120. The molecule has 0 aromatic rings. The third-order valence-corrected chi connectivity index (χ3v) is 2.07. The Morgan fingerprint density at radius 3 is 2.20 bits per heavy atom. The van der Waals surface area contributed by atoms with E-state index in [1.165, 1.54) is 0 Å². The molecule has 0 bridgehead atoms. The van der Waals surface area contributed by atoms with Crippen LogP contribution in [0.5, 0.6) is 0 Å². The van der Waals surface area contributed by atoms with Crippen molar-refractivity contribution in [3.8, 4) is 0 Å². The Bertz CT molecular complexity index is 114. The van der Waals surface area contributed by atoms with Crippen LogP contribution in [-0.2, 0) is 4.79 Å². The van der Waals surface area contributed by atoms with Gasteiger partial charge in [0.15, 0.2) is 0 Å².